The van der Waals surface area contributed by atoms with Crippen molar-refractivity contribution < 1.29 is 22.7 Å². The summed E-state index contributed by atoms with van der Waals surface area (Å²) in [6.07, 6.45) is -4.23. The van der Waals surface area contributed by atoms with Crippen molar-refractivity contribution in [3.8, 4) is 11.6 Å². The topological polar surface area (TPSA) is 86.4 Å². The van der Waals surface area contributed by atoms with Gasteiger partial charge < -0.3 is 4.74 Å². The van der Waals surface area contributed by atoms with Crippen molar-refractivity contribution in [3.05, 3.63) is 44.7 Å². The third-order valence-corrected chi connectivity index (χ3v) is 4.02. The number of rotatable bonds is 3. The lowest BCUT2D eigenvalue weighted by Crippen LogP contribution is -2.42. The van der Waals surface area contributed by atoms with Gasteiger partial charge in [0.2, 0.25) is 0 Å². The molecule has 0 aromatic carbocycles. The molecule has 2 aromatic rings. The van der Waals surface area contributed by atoms with Gasteiger partial charge >= 0.3 is 11.9 Å². The number of ether oxygens (including phenoxy) is 1. The van der Waals surface area contributed by atoms with Crippen LogP contribution in [0.1, 0.15) is 19.0 Å². The number of fused-ring (bicyclic) bond motifs is 1. The highest BCUT2D eigenvalue weighted by atomic mass is 19.4. The maximum atomic E-state index is 13.0. The zero-order chi connectivity index (χ0) is 19.9. The second kappa shape index (κ2) is 6.56. The molecule has 1 amide bonds. The Morgan fingerprint density at radius 3 is 2.56 bits per heavy atom. The lowest BCUT2D eigenvalue weighted by Gasteiger charge is -2.28. The molecule has 2 aromatic heterocycles. The molecular formula is C16H15F3N4O4. The van der Waals surface area contributed by atoms with Crippen molar-refractivity contribution in [1.29, 1.82) is 0 Å². The first-order valence-electron chi connectivity index (χ1n) is 8.00. The number of aromatic nitrogens is 3. The first-order chi connectivity index (χ1) is 12.6. The fourth-order valence-corrected chi connectivity index (χ4v) is 2.75. The number of amides is 1. The summed E-state index contributed by atoms with van der Waals surface area (Å²) in [5.41, 5.74) is -3.74. The molecule has 1 aliphatic rings. The summed E-state index contributed by atoms with van der Waals surface area (Å²) in [6.45, 7) is 2.02. The first-order valence-corrected chi connectivity index (χ1v) is 8.00. The predicted molar refractivity (Wildman–Crippen MR) is 88.2 cm³/mol. The number of halogens is 3. The molecule has 0 radical (unpaired) electrons. The van der Waals surface area contributed by atoms with Crippen molar-refractivity contribution in [1.82, 2.24) is 14.1 Å². The minimum atomic E-state index is -4.85. The number of alkyl halides is 3. The average Bonchev–Trinajstić information content (AvgIpc) is 2.60. The first kappa shape index (κ1) is 18.7. The van der Waals surface area contributed by atoms with Crippen LogP contribution in [-0.2, 0) is 18.0 Å². The Hall–Kier alpha value is -3.11. The molecule has 0 bridgehead atoms. The third kappa shape index (κ3) is 3.20. The van der Waals surface area contributed by atoms with Gasteiger partial charge in [-0.15, -0.1) is 0 Å². The van der Waals surface area contributed by atoms with Gasteiger partial charge in [0.1, 0.15) is 11.5 Å². The van der Waals surface area contributed by atoms with Gasteiger partial charge in [0.15, 0.2) is 18.2 Å². The van der Waals surface area contributed by atoms with Gasteiger partial charge in [0.05, 0.1) is 0 Å². The minimum absolute atomic E-state index is 0.111. The molecule has 3 rings (SSSR count). The molecular weight excluding hydrogens is 369 g/mol. The van der Waals surface area contributed by atoms with Gasteiger partial charge in [-0.1, -0.05) is 6.92 Å². The zero-order valence-electron chi connectivity index (χ0n) is 14.4. The van der Waals surface area contributed by atoms with Gasteiger partial charge in [-0.2, -0.15) is 13.2 Å². The number of hydrogen-bond donors (Lipinski definition) is 0. The van der Waals surface area contributed by atoms with E-state index < -0.39 is 23.1 Å². The average molecular weight is 384 g/mol. The second-order valence-corrected chi connectivity index (χ2v) is 5.87. The molecule has 11 heteroatoms. The Morgan fingerprint density at radius 2 is 1.93 bits per heavy atom. The van der Waals surface area contributed by atoms with Crippen LogP contribution in [0.4, 0.5) is 19.0 Å². The lowest BCUT2D eigenvalue weighted by molar-refractivity contribution is -0.144. The van der Waals surface area contributed by atoms with Gasteiger partial charge in [0, 0.05) is 19.7 Å². The Balaban J connectivity index is 2.19. The maximum Gasteiger partial charge on any atom is 0.431 e. The van der Waals surface area contributed by atoms with E-state index in [2.05, 4.69) is 4.98 Å². The summed E-state index contributed by atoms with van der Waals surface area (Å²) in [5.74, 6) is -0.155. The molecule has 0 saturated carbocycles. The van der Waals surface area contributed by atoms with Crippen LogP contribution >= 0.6 is 0 Å². The third-order valence-electron chi connectivity index (χ3n) is 4.02. The lowest BCUT2D eigenvalue weighted by atomic mass is 10.3. The zero-order valence-corrected chi connectivity index (χ0v) is 14.4. The summed E-state index contributed by atoms with van der Waals surface area (Å²) >= 11 is 0. The standard InChI is InChI=1S/C16H15F3N4O4/c1-3-6-22-13(25)8-27-9-4-5-11(20-14(9)22)23-12(24)7-10(16(17,18)19)21(2)15(23)26/h4-5,7H,3,6,8H2,1-2H3. The van der Waals surface area contributed by atoms with Crippen LogP contribution in [-0.4, -0.2) is 33.2 Å². The van der Waals surface area contributed by atoms with E-state index in [1.807, 2.05) is 6.92 Å². The highest BCUT2D eigenvalue weighted by Crippen LogP contribution is 2.31. The maximum absolute atomic E-state index is 13.0. The molecule has 0 spiro atoms. The predicted octanol–water partition coefficient (Wildman–Crippen LogP) is 1.09. The van der Waals surface area contributed by atoms with Crippen LogP contribution in [0.3, 0.4) is 0 Å². The normalized spacial score (nSPS) is 14.1. The van der Waals surface area contributed by atoms with E-state index in [-0.39, 0.29) is 29.9 Å². The highest BCUT2D eigenvalue weighted by Gasteiger charge is 2.35. The van der Waals surface area contributed by atoms with Crippen LogP contribution in [0, 0.1) is 0 Å². The van der Waals surface area contributed by atoms with E-state index in [4.69, 9.17) is 4.74 Å². The summed E-state index contributed by atoms with van der Waals surface area (Å²) in [5, 5.41) is 0. The number of anilines is 1. The Morgan fingerprint density at radius 1 is 1.22 bits per heavy atom. The molecule has 3 heterocycles. The van der Waals surface area contributed by atoms with E-state index >= 15 is 0 Å². The Kier molecular flexibility index (Phi) is 4.54. The van der Waals surface area contributed by atoms with E-state index in [1.165, 1.54) is 17.0 Å². The summed E-state index contributed by atoms with van der Waals surface area (Å²) < 4.78 is 45.0. The van der Waals surface area contributed by atoms with Crippen molar-refractivity contribution in [2.24, 2.45) is 7.05 Å². The largest absolute Gasteiger partial charge is 0.480 e. The Bertz CT molecular complexity index is 1030. The molecule has 144 valence electrons. The number of hydrogen-bond acceptors (Lipinski definition) is 5. The van der Waals surface area contributed by atoms with Crippen LogP contribution in [0.2, 0.25) is 0 Å². The van der Waals surface area contributed by atoms with Gasteiger partial charge in [-0.3, -0.25) is 19.1 Å². The Labute approximate surface area is 150 Å². The van der Waals surface area contributed by atoms with E-state index in [0.29, 0.717) is 28.2 Å². The highest BCUT2D eigenvalue weighted by molar-refractivity contribution is 5.96. The monoisotopic (exact) mass is 384 g/mol. The van der Waals surface area contributed by atoms with Gasteiger partial charge in [-0.05, 0) is 18.6 Å². The minimum Gasteiger partial charge on any atom is -0.480 e. The number of carbonyl (C=O) groups is 1. The van der Waals surface area contributed by atoms with Gasteiger partial charge in [-0.25, -0.2) is 14.3 Å². The van der Waals surface area contributed by atoms with E-state index in [9.17, 15) is 27.6 Å². The molecule has 27 heavy (non-hydrogen) atoms. The van der Waals surface area contributed by atoms with Crippen LogP contribution in [0.25, 0.3) is 5.82 Å². The smallest absolute Gasteiger partial charge is 0.431 e. The van der Waals surface area contributed by atoms with E-state index in [1.54, 1.807) is 0 Å². The van der Waals surface area contributed by atoms with Crippen LogP contribution in [0.5, 0.6) is 5.75 Å². The fraction of sp³-hybridized carbons (Fsp3) is 0.375. The van der Waals surface area contributed by atoms with E-state index in [0.717, 1.165) is 7.05 Å². The van der Waals surface area contributed by atoms with Crippen LogP contribution < -0.4 is 20.9 Å². The molecule has 0 unspecified atom stereocenters. The second-order valence-electron chi connectivity index (χ2n) is 5.87. The van der Waals surface area contributed by atoms with Crippen molar-refractivity contribution in [2.45, 2.75) is 19.5 Å². The van der Waals surface area contributed by atoms with Crippen LogP contribution in [0.15, 0.2) is 27.8 Å². The molecule has 0 aliphatic carbocycles. The molecule has 1 aliphatic heterocycles. The summed E-state index contributed by atoms with van der Waals surface area (Å²) in [6, 6.07) is 3.01. The molecule has 0 atom stereocenters. The number of pyridine rings is 1. The number of carbonyl (C=O) groups excluding carboxylic acids is 1. The quantitative estimate of drug-likeness (QED) is 0.791. The van der Waals surface area contributed by atoms with Gasteiger partial charge in [0.25, 0.3) is 11.5 Å². The molecule has 0 N–H and O–H groups in total. The molecule has 0 saturated heterocycles. The van der Waals surface area contributed by atoms with Crippen molar-refractivity contribution in [2.75, 3.05) is 18.1 Å². The van der Waals surface area contributed by atoms with Crippen molar-refractivity contribution in [3.63, 3.8) is 0 Å². The van der Waals surface area contributed by atoms with Crippen molar-refractivity contribution >= 4 is 11.7 Å². The molecule has 8 nitrogen and oxygen atoms in total. The summed E-state index contributed by atoms with van der Waals surface area (Å²) in [7, 11) is 0.912. The SMILES string of the molecule is CCCN1C(=O)COc2ccc(-n3c(=O)cc(C(F)(F)F)n(C)c3=O)nc21. The summed E-state index contributed by atoms with van der Waals surface area (Å²) in [4.78, 5) is 42.1. The molecule has 0 fully saturated rings. The fourth-order valence-electron chi connectivity index (χ4n) is 2.75. The number of nitrogens with zero attached hydrogens (tertiary/aromatic N) is 4.